The molecule has 25 heavy (non-hydrogen) atoms. The zero-order chi connectivity index (χ0) is 18.6. The summed E-state index contributed by atoms with van der Waals surface area (Å²) in [6, 6.07) is 4.55. The number of hydrogen-bond acceptors (Lipinski definition) is 7. The van der Waals surface area contributed by atoms with Gasteiger partial charge in [-0.25, -0.2) is 17.9 Å². The lowest BCUT2D eigenvalue weighted by Gasteiger charge is -2.09. The first kappa shape index (κ1) is 18.5. The molecular weight excluding hydrogens is 372 g/mol. The van der Waals surface area contributed by atoms with E-state index in [4.69, 9.17) is 11.6 Å². The quantitative estimate of drug-likeness (QED) is 0.720. The third-order valence-corrected chi connectivity index (χ3v) is 4.44. The highest BCUT2D eigenvalue weighted by atomic mass is 35.5. The minimum atomic E-state index is -4.18. The molecule has 3 N–H and O–H groups in total. The number of amides is 3. The third kappa shape index (κ3) is 5.09. The highest BCUT2D eigenvalue weighted by Gasteiger charge is 2.21. The molecule has 0 bridgehead atoms. The number of urea groups is 1. The van der Waals surface area contributed by atoms with Crippen LogP contribution in [-0.4, -0.2) is 35.3 Å². The molecule has 0 aliphatic heterocycles. The molecule has 10 nitrogen and oxygen atoms in total. The number of anilines is 2. The summed E-state index contributed by atoms with van der Waals surface area (Å²) < 4.78 is 26.1. The number of nitrogens with one attached hydrogen (secondary N) is 3. The van der Waals surface area contributed by atoms with Crippen molar-refractivity contribution in [1.29, 1.82) is 0 Å². The molecular formula is C13H13ClN6O4S. The van der Waals surface area contributed by atoms with Crippen molar-refractivity contribution >= 4 is 45.5 Å². The molecule has 0 spiro atoms. The fraction of sp³-hybridized carbons (Fsp3) is 0.154. The number of carbonyl (C=O) groups excluding carboxylic acids is 2. The molecule has 0 fully saturated rings. The molecule has 0 atom stereocenters. The van der Waals surface area contributed by atoms with Gasteiger partial charge in [0.2, 0.25) is 17.8 Å². The number of halogens is 1. The van der Waals surface area contributed by atoms with Gasteiger partial charge in [0.1, 0.15) is 10.7 Å². The van der Waals surface area contributed by atoms with Crippen LogP contribution in [0.5, 0.6) is 0 Å². The van der Waals surface area contributed by atoms with Crippen LogP contribution in [0.1, 0.15) is 12.7 Å². The van der Waals surface area contributed by atoms with Gasteiger partial charge in [-0.15, -0.1) is 0 Å². The summed E-state index contributed by atoms with van der Waals surface area (Å²) >= 11 is 5.82. The Labute approximate surface area is 148 Å². The molecule has 2 aromatic rings. The summed E-state index contributed by atoms with van der Waals surface area (Å²) in [5.74, 6) is -0.516. The zero-order valence-corrected chi connectivity index (χ0v) is 14.6. The van der Waals surface area contributed by atoms with Gasteiger partial charge < -0.3 is 0 Å². The standard InChI is InChI=1S/C13H13ClN6O4S/c1-7-15-11(17-8(2)21)18-12(16-7)19-13(22)20-25(23,24)10-6-4-3-5-9(10)14/h3-6H,1-2H3,(H3,15,16,17,18,19,20,21,22). The van der Waals surface area contributed by atoms with E-state index in [1.165, 1.54) is 32.0 Å². The molecule has 132 valence electrons. The number of sulfonamides is 1. The fourth-order valence-corrected chi connectivity index (χ4v) is 3.15. The Morgan fingerprint density at radius 1 is 1.04 bits per heavy atom. The van der Waals surface area contributed by atoms with E-state index in [-0.39, 0.29) is 27.6 Å². The topological polar surface area (TPSA) is 143 Å². The van der Waals surface area contributed by atoms with Gasteiger partial charge in [-0.3, -0.25) is 15.4 Å². The van der Waals surface area contributed by atoms with Gasteiger partial charge in [0.25, 0.3) is 10.0 Å². The van der Waals surface area contributed by atoms with Crippen LogP contribution < -0.4 is 15.4 Å². The molecule has 0 unspecified atom stereocenters. The van der Waals surface area contributed by atoms with Crippen molar-refractivity contribution in [1.82, 2.24) is 19.7 Å². The fourth-order valence-electron chi connectivity index (χ4n) is 1.72. The summed E-state index contributed by atoms with van der Waals surface area (Å²) in [5, 5.41) is 4.45. The predicted octanol–water partition coefficient (Wildman–Crippen LogP) is 1.30. The molecule has 1 heterocycles. The van der Waals surface area contributed by atoms with Gasteiger partial charge >= 0.3 is 6.03 Å². The molecule has 0 saturated heterocycles. The summed E-state index contributed by atoms with van der Waals surface area (Å²) in [6.45, 7) is 2.77. The number of hydrogen-bond donors (Lipinski definition) is 3. The molecule has 1 aromatic heterocycles. The van der Waals surface area contributed by atoms with Crippen molar-refractivity contribution in [2.45, 2.75) is 18.7 Å². The maximum Gasteiger partial charge on any atom is 0.335 e. The van der Waals surface area contributed by atoms with E-state index in [0.717, 1.165) is 0 Å². The lowest BCUT2D eigenvalue weighted by Crippen LogP contribution is -2.35. The SMILES string of the molecule is CC(=O)Nc1nc(C)nc(NC(=O)NS(=O)(=O)c2ccccc2Cl)n1. The highest BCUT2D eigenvalue weighted by Crippen LogP contribution is 2.20. The maximum atomic E-state index is 12.2. The Morgan fingerprint density at radius 3 is 2.24 bits per heavy atom. The molecule has 2 rings (SSSR count). The second-order valence-corrected chi connectivity index (χ2v) is 6.76. The lowest BCUT2D eigenvalue weighted by atomic mass is 10.4. The third-order valence-electron chi connectivity index (χ3n) is 2.61. The van der Waals surface area contributed by atoms with Gasteiger partial charge in [-0.2, -0.15) is 15.0 Å². The Kier molecular flexibility index (Phi) is 5.49. The Balaban J connectivity index is 2.16. The Morgan fingerprint density at radius 2 is 1.64 bits per heavy atom. The van der Waals surface area contributed by atoms with Gasteiger partial charge in [0.05, 0.1) is 5.02 Å². The summed E-state index contributed by atoms with van der Waals surface area (Å²) in [7, 11) is -4.18. The van der Waals surface area contributed by atoms with Crippen molar-refractivity contribution in [2.24, 2.45) is 0 Å². The number of carbonyl (C=O) groups is 2. The number of rotatable bonds is 4. The second-order valence-electron chi connectivity index (χ2n) is 4.70. The van der Waals surface area contributed by atoms with E-state index in [9.17, 15) is 18.0 Å². The molecule has 0 radical (unpaired) electrons. The number of benzene rings is 1. The molecule has 0 aliphatic rings. The van der Waals surface area contributed by atoms with Gasteiger partial charge in [-0.1, -0.05) is 23.7 Å². The van der Waals surface area contributed by atoms with E-state index >= 15 is 0 Å². The molecule has 3 amide bonds. The molecule has 1 aromatic carbocycles. The van der Waals surface area contributed by atoms with Crippen LogP contribution >= 0.6 is 11.6 Å². The summed E-state index contributed by atoms with van der Waals surface area (Å²) in [4.78, 5) is 34.2. The summed E-state index contributed by atoms with van der Waals surface area (Å²) in [5.41, 5.74) is 0. The first-order valence-corrected chi connectivity index (χ1v) is 8.62. The smallest absolute Gasteiger partial charge is 0.295 e. The Bertz CT molecular complexity index is 934. The maximum absolute atomic E-state index is 12.2. The predicted molar refractivity (Wildman–Crippen MR) is 89.7 cm³/mol. The van der Waals surface area contributed by atoms with Crippen LogP contribution in [0, 0.1) is 6.92 Å². The van der Waals surface area contributed by atoms with Gasteiger partial charge in [-0.05, 0) is 19.1 Å². The van der Waals surface area contributed by atoms with Crippen LogP contribution in [-0.2, 0) is 14.8 Å². The van der Waals surface area contributed by atoms with Crippen LogP contribution in [0.4, 0.5) is 16.7 Å². The second kappa shape index (κ2) is 7.40. The number of nitrogens with zero attached hydrogens (tertiary/aromatic N) is 3. The Hall–Kier alpha value is -2.79. The highest BCUT2D eigenvalue weighted by molar-refractivity contribution is 7.90. The van der Waals surface area contributed by atoms with E-state index in [2.05, 4.69) is 25.6 Å². The minimum absolute atomic E-state index is 0.0354. The van der Waals surface area contributed by atoms with Crippen LogP contribution in [0.25, 0.3) is 0 Å². The van der Waals surface area contributed by atoms with Crippen LogP contribution in [0.15, 0.2) is 29.2 Å². The van der Waals surface area contributed by atoms with Gasteiger partial charge in [0, 0.05) is 6.92 Å². The van der Waals surface area contributed by atoms with Crippen LogP contribution in [0.3, 0.4) is 0 Å². The van der Waals surface area contributed by atoms with E-state index in [0.29, 0.717) is 0 Å². The minimum Gasteiger partial charge on any atom is -0.295 e. The van der Waals surface area contributed by atoms with Crippen LogP contribution in [0.2, 0.25) is 5.02 Å². The van der Waals surface area contributed by atoms with Crippen molar-refractivity contribution in [3.63, 3.8) is 0 Å². The normalized spacial score (nSPS) is 10.8. The number of aromatic nitrogens is 3. The monoisotopic (exact) mass is 384 g/mol. The molecule has 0 saturated carbocycles. The van der Waals surface area contributed by atoms with E-state index in [1.807, 2.05) is 0 Å². The van der Waals surface area contributed by atoms with Crippen molar-refractivity contribution in [3.8, 4) is 0 Å². The van der Waals surface area contributed by atoms with Gasteiger partial charge in [0.15, 0.2) is 0 Å². The first-order valence-electron chi connectivity index (χ1n) is 6.76. The first-order chi connectivity index (χ1) is 11.7. The average molecular weight is 385 g/mol. The average Bonchev–Trinajstić information content (AvgIpc) is 2.45. The van der Waals surface area contributed by atoms with Crippen molar-refractivity contribution in [3.05, 3.63) is 35.1 Å². The van der Waals surface area contributed by atoms with Crippen molar-refractivity contribution < 1.29 is 18.0 Å². The lowest BCUT2D eigenvalue weighted by molar-refractivity contribution is -0.114. The largest absolute Gasteiger partial charge is 0.335 e. The molecule has 12 heteroatoms. The zero-order valence-electron chi connectivity index (χ0n) is 13.1. The molecule has 0 aliphatic carbocycles. The summed E-state index contributed by atoms with van der Waals surface area (Å²) in [6.07, 6.45) is 0. The number of aryl methyl sites for hydroxylation is 1. The van der Waals surface area contributed by atoms with E-state index in [1.54, 1.807) is 10.8 Å². The van der Waals surface area contributed by atoms with E-state index < -0.39 is 22.0 Å². The van der Waals surface area contributed by atoms with Crippen molar-refractivity contribution in [2.75, 3.05) is 10.6 Å².